The van der Waals surface area contributed by atoms with Crippen LogP contribution in [0.15, 0.2) is 15.7 Å². The van der Waals surface area contributed by atoms with Crippen molar-refractivity contribution in [3.05, 3.63) is 48.2 Å². The van der Waals surface area contributed by atoms with Gasteiger partial charge in [0, 0.05) is 10.9 Å². The standard InChI is InChI=1S/C13H16N4O3S/c1-4-8(12-14-6(2)7(3)21-12)15-11(19)9-5-10(18)17-13(20)16-9/h5,8H,4H2,1-3H3,(H,15,19)(H2,16,17,18,20). The molecule has 2 heterocycles. The largest absolute Gasteiger partial charge is 0.342 e. The Balaban J connectivity index is 2.23. The van der Waals surface area contributed by atoms with Gasteiger partial charge in [0.15, 0.2) is 0 Å². The summed E-state index contributed by atoms with van der Waals surface area (Å²) in [5.74, 6) is -0.504. The monoisotopic (exact) mass is 308 g/mol. The van der Waals surface area contributed by atoms with Crippen LogP contribution >= 0.6 is 11.3 Å². The summed E-state index contributed by atoms with van der Waals surface area (Å²) in [7, 11) is 0. The molecule has 112 valence electrons. The minimum Gasteiger partial charge on any atom is -0.342 e. The van der Waals surface area contributed by atoms with Gasteiger partial charge in [0.1, 0.15) is 10.7 Å². The molecule has 0 saturated carbocycles. The highest BCUT2D eigenvalue weighted by Crippen LogP contribution is 2.24. The third-order valence-electron chi connectivity index (χ3n) is 3.06. The Morgan fingerprint density at radius 3 is 2.62 bits per heavy atom. The van der Waals surface area contributed by atoms with Crippen molar-refractivity contribution in [1.82, 2.24) is 20.3 Å². The van der Waals surface area contributed by atoms with Gasteiger partial charge < -0.3 is 10.3 Å². The molecule has 8 heteroatoms. The lowest BCUT2D eigenvalue weighted by atomic mass is 10.2. The Hall–Kier alpha value is -2.22. The summed E-state index contributed by atoms with van der Waals surface area (Å²) in [6.45, 7) is 5.81. The first kappa shape index (κ1) is 15.2. The van der Waals surface area contributed by atoms with Crippen LogP contribution < -0.4 is 16.6 Å². The summed E-state index contributed by atoms with van der Waals surface area (Å²) in [5, 5.41) is 3.59. The van der Waals surface area contributed by atoms with Crippen LogP contribution in [0.1, 0.15) is 45.5 Å². The van der Waals surface area contributed by atoms with Crippen molar-refractivity contribution in [1.29, 1.82) is 0 Å². The predicted octanol–water partition coefficient (Wildman–Crippen LogP) is 1.02. The SMILES string of the molecule is CCC(NC(=O)c1cc(=O)[nH]c(=O)[nH]1)c1nc(C)c(C)s1. The molecule has 0 aliphatic rings. The number of hydrogen-bond acceptors (Lipinski definition) is 5. The summed E-state index contributed by atoms with van der Waals surface area (Å²) in [5.41, 5.74) is -0.445. The number of aromatic nitrogens is 3. The van der Waals surface area contributed by atoms with E-state index >= 15 is 0 Å². The van der Waals surface area contributed by atoms with Gasteiger partial charge in [-0.25, -0.2) is 9.78 Å². The van der Waals surface area contributed by atoms with Gasteiger partial charge in [-0.1, -0.05) is 6.92 Å². The van der Waals surface area contributed by atoms with Gasteiger partial charge in [-0.2, -0.15) is 0 Å². The number of H-pyrrole nitrogens is 2. The molecule has 0 spiro atoms. The molecular formula is C13H16N4O3S. The Kier molecular flexibility index (Phi) is 4.37. The zero-order valence-corrected chi connectivity index (χ0v) is 12.8. The molecule has 0 saturated heterocycles. The molecule has 2 aromatic heterocycles. The lowest BCUT2D eigenvalue weighted by Gasteiger charge is -2.14. The second kappa shape index (κ2) is 6.04. The quantitative estimate of drug-likeness (QED) is 0.783. The maximum absolute atomic E-state index is 12.1. The molecule has 2 rings (SSSR count). The molecular weight excluding hydrogens is 292 g/mol. The number of aryl methyl sites for hydroxylation is 2. The summed E-state index contributed by atoms with van der Waals surface area (Å²) >= 11 is 1.52. The second-order valence-corrected chi connectivity index (χ2v) is 5.86. The molecule has 1 unspecified atom stereocenters. The first-order valence-corrected chi connectivity index (χ1v) is 7.30. The third-order valence-corrected chi connectivity index (χ3v) is 4.25. The molecule has 21 heavy (non-hydrogen) atoms. The maximum atomic E-state index is 12.1. The molecule has 3 N–H and O–H groups in total. The first-order valence-electron chi connectivity index (χ1n) is 6.49. The Labute approximate surface area is 124 Å². The number of rotatable bonds is 4. The minimum atomic E-state index is -0.707. The van der Waals surface area contributed by atoms with Crippen molar-refractivity contribution >= 4 is 17.2 Å². The van der Waals surface area contributed by atoms with Gasteiger partial charge in [0.25, 0.3) is 11.5 Å². The normalized spacial score (nSPS) is 12.1. The molecule has 0 aliphatic carbocycles. The first-order chi connectivity index (χ1) is 9.90. The van der Waals surface area contributed by atoms with Gasteiger partial charge >= 0.3 is 5.69 Å². The van der Waals surface area contributed by atoms with Crippen molar-refractivity contribution in [2.75, 3.05) is 0 Å². The lowest BCUT2D eigenvalue weighted by Crippen LogP contribution is -2.33. The number of thiazole rings is 1. The van der Waals surface area contributed by atoms with Crippen LogP contribution in [0.2, 0.25) is 0 Å². The van der Waals surface area contributed by atoms with E-state index < -0.39 is 17.2 Å². The molecule has 1 amide bonds. The fourth-order valence-electron chi connectivity index (χ4n) is 1.81. The molecule has 0 aromatic carbocycles. The van der Waals surface area contributed by atoms with Crippen molar-refractivity contribution in [2.45, 2.75) is 33.2 Å². The molecule has 0 bridgehead atoms. The van der Waals surface area contributed by atoms with E-state index in [0.29, 0.717) is 6.42 Å². The van der Waals surface area contributed by atoms with Crippen LogP contribution in [0.3, 0.4) is 0 Å². The Morgan fingerprint density at radius 1 is 1.38 bits per heavy atom. The number of amides is 1. The zero-order chi connectivity index (χ0) is 15.6. The Bertz CT molecular complexity index is 726. The van der Waals surface area contributed by atoms with Gasteiger partial charge in [0.2, 0.25) is 0 Å². The van der Waals surface area contributed by atoms with E-state index in [1.807, 2.05) is 25.8 Å². The molecule has 0 fully saturated rings. The van der Waals surface area contributed by atoms with Crippen LogP contribution in [0, 0.1) is 13.8 Å². The third kappa shape index (κ3) is 3.46. The van der Waals surface area contributed by atoms with Crippen LogP contribution in [0.4, 0.5) is 0 Å². The highest BCUT2D eigenvalue weighted by atomic mass is 32.1. The lowest BCUT2D eigenvalue weighted by molar-refractivity contribution is 0.0929. The number of carbonyl (C=O) groups is 1. The average Bonchev–Trinajstić information content (AvgIpc) is 2.74. The summed E-state index contributed by atoms with van der Waals surface area (Å²) in [6, 6.07) is 0.805. The van der Waals surface area contributed by atoms with Gasteiger partial charge in [0.05, 0.1) is 11.7 Å². The number of hydrogen-bond donors (Lipinski definition) is 3. The topological polar surface area (TPSA) is 108 Å². The van der Waals surface area contributed by atoms with E-state index in [4.69, 9.17) is 0 Å². The average molecular weight is 308 g/mol. The van der Waals surface area contributed by atoms with Crippen molar-refractivity contribution < 1.29 is 4.79 Å². The van der Waals surface area contributed by atoms with Gasteiger partial charge in [-0.05, 0) is 20.3 Å². The fourth-order valence-corrected chi connectivity index (χ4v) is 2.87. The predicted molar refractivity (Wildman–Crippen MR) is 79.8 cm³/mol. The fraction of sp³-hybridized carbons (Fsp3) is 0.385. The highest BCUT2D eigenvalue weighted by molar-refractivity contribution is 7.11. The summed E-state index contributed by atoms with van der Waals surface area (Å²) in [4.78, 5) is 44.4. The van der Waals surface area contributed by atoms with Crippen molar-refractivity contribution in [3.63, 3.8) is 0 Å². The van der Waals surface area contributed by atoms with E-state index in [9.17, 15) is 14.4 Å². The molecule has 7 nitrogen and oxygen atoms in total. The number of aromatic amines is 2. The van der Waals surface area contributed by atoms with Crippen LogP contribution in [0.25, 0.3) is 0 Å². The minimum absolute atomic E-state index is 0.0628. The van der Waals surface area contributed by atoms with Crippen LogP contribution in [0.5, 0.6) is 0 Å². The second-order valence-electron chi connectivity index (χ2n) is 4.63. The van der Waals surface area contributed by atoms with E-state index in [0.717, 1.165) is 21.6 Å². The van der Waals surface area contributed by atoms with Crippen molar-refractivity contribution in [2.24, 2.45) is 0 Å². The zero-order valence-electron chi connectivity index (χ0n) is 11.9. The molecule has 2 aromatic rings. The Morgan fingerprint density at radius 2 is 2.10 bits per heavy atom. The smallest absolute Gasteiger partial charge is 0.326 e. The van der Waals surface area contributed by atoms with Gasteiger partial charge in [-0.3, -0.25) is 14.6 Å². The van der Waals surface area contributed by atoms with Crippen LogP contribution in [-0.2, 0) is 0 Å². The highest BCUT2D eigenvalue weighted by Gasteiger charge is 2.19. The van der Waals surface area contributed by atoms with Crippen molar-refractivity contribution in [3.8, 4) is 0 Å². The van der Waals surface area contributed by atoms with E-state index in [1.165, 1.54) is 11.3 Å². The molecule has 1 atom stereocenters. The van der Waals surface area contributed by atoms with E-state index in [-0.39, 0.29) is 11.7 Å². The number of nitrogens with zero attached hydrogens (tertiary/aromatic N) is 1. The molecule has 0 radical (unpaired) electrons. The van der Waals surface area contributed by atoms with E-state index in [2.05, 4.69) is 15.3 Å². The van der Waals surface area contributed by atoms with Crippen LogP contribution in [-0.4, -0.2) is 20.9 Å². The number of nitrogens with one attached hydrogen (secondary N) is 3. The number of carbonyl (C=O) groups excluding carboxylic acids is 1. The van der Waals surface area contributed by atoms with E-state index in [1.54, 1.807) is 0 Å². The van der Waals surface area contributed by atoms with Gasteiger partial charge in [-0.15, -0.1) is 11.3 Å². The summed E-state index contributed by atoms with van der Waals surface area (Å²) in [6.07, 6.45) is 0.658. The molecule has 0 aliphatic heterocycles. The maximum Gasteiger partial charge on any atom is 0.326 e. The summed E-state index contributed by atoms with van der Waals surface area (Å²) < 4.78 is 0.